The van der Waals surface area contributed by atoms with E-state index in [-0.39, 0.29) is 54.5 Å². The number of likely N-dealkylation sites (tertiary alicyclic amines) is 1. The Labute approximate surface area is 328 Å². The van der Waals surface area contributed by atoms with Crippen LogP contribution in [0.15, 0.2) is 42.4 Å². The van der Waals surface area contributed by atoms with E-state index in [4.69, 9.17) is 39.5 Å². The Hall–Kier alpha value is -4.23. The Kier molecular flexibility index (Phi) is 13.4. The summed E-state index contributed by atoms with van der Waals surface area (Å²) in [6.45, 7) is 4.11. The predicted octanol–water partition coefficient (Wildman–Crippen LogP) is -0.711. The highest BCUT2D eigenvalue weighted by atomic mass is 31.2. The van der Waals surface area contributed by atoms with Crippen LogP contribution in [0.4, 0.5) is 11.6 Å². The summed E-state index contributed by atoms with van der Waals surface area (Å²) >= 11 is 0. The third-order valence-corrected chi connectivity index (χ3v) is 11.0. The third kappa shape index (κ3) is 9.96. The highest BCUT2D eigenvalue weighted by Gasteiger charge is 2.51. The van der Waals surface area contributed by atoms with Crippen LogP contribution in [0.25, 0.3) is 11.2 Å². The van der Waals surface area contributed by atoms with Crippen molar-refractivity contribution in [2.75, 3.05) is 37.8 Å². The van der Waals surface area contributed by atoms with E-state index in [0.29, 0.717) is 13.0 Å². The van der Waals surface area contributed by atoms with Crippen molar-refractivity contribution in [3.63, 3.8) is 0 Å². The molecule has 10 atom stereocenters. The molecule has 25 nitrogen and oxygen atoms in total. The summed E-state index contributed by atoms with van der Waals surface area (Å²) in [4.78, 5) is 86.1. The van der Waals surface area contributed by atoms with Gasteiger partial charge in [-0.05, 0) is 19.4 Å². The van der Waals surface area contributed by atoms with Gasteiger partial charge in [0.15, 0.2) is 23.8 Å². The molecule has 27 heteroatoms. The van der Waals surface area contributed by atoms with Gasteiger partial charge in [0.05, 0.1) is 25.6 Å². The van der Waals surface area contributed by atoms with E-state index in [9.17, 15) is 43.3 Å². The number of allylic oxidation sites excluding steroid dienone is 1. The number of rotatable bonds is 17. The van der Waals surface area contributed by atoms with Crippen LogP contribution >= 0.6 is 15.6 Å². The average Bonchev–Trinajstić information content (AvgIpc) is 3.94. The molecule has 1 amide bonds. The van der Waals surface area contributed by atoms with Gasteiger partial charge in [-0.3, -0.25) is 27.5 Å². The van der Waals surface area contributed by atoms with Crippen molar-refractivity contribution in [2.45, 2.75) is 87.7 Å². The molecule has 0 bridgehead atoms. The van der Waals surface area contributed by atoms with Gasteiger partial charge in [0.25, 0.3) is 0 Å². The number of hydrogen-bond acceptors (Lipinski definition) is 19. The molecule has 6 heterocycles. The van der Waals surface area contributed by atoms with Crippen molar-refractivity contribution in [1.29, 1.82) is 0 Å². The van der Waals surface area contributed by atoms with Gasteiger partial charge in [-0.1, -0.05) is 6.08 Å². The number of phosphoric ester groups is 2. The molecule has 58 heavy (non-hydrogen) atoms. The lowest BCUT2D eigenvalue weighted by atomic mass is 10.1. The molecule has 3 aliphatic rings. The Morgan fingerprint density at radius 3 is 2.53 bits per heavy atom. The quantitative estimate of drug-likeness (QED) is 0.0554. The maximum absolute atomic E-state index is 13.9. The van der Waals surface area contributed by atoms with E-state index in [0.717, 1.165) is 10.9 Å². The van der Waals surface area contributed by atoms with Gasteiger partial charge in [0, 0.05) is 38.6 Å². The minimum atomic E-state index is -5.20. The van der Waals surface area contributed by atoms with Gasteiger partial charge in [0.2, 0.25) is 5.91 Å². The van der Waals surface area contributed by atoms with E-state index in [1.165, 1.54) is 28.1 Å². The number of ether oxygens (including phenoxy) is 4. The summed E-state index contributed by atoms with van der Waals surface area (Å²) in [5.41, 5.74) is 10.9. The molecule has 8 N–H and O–H groups in total. The molecule has 3 saturated heterocycles. The van der Waals surface area contributed by atoms with Crippen LogP contribution in [0.2, 0.25) is 0 Å². The van der Waals surface area contributed by atoms with Crippen molar-refractivity contribution < 1.29 is 71.0 Å². The number of phosphoric acid groups is 2. The number of esters is 1. The van der Waals surface area contributed by atoms with E-state index in [1.807, 2.05) is 0 Å². The molecular weight excluding hydrogens is 816 g/mol. The lowest BCUT2D eigenvalue weighted by molar-refractivity contribution is -0.164. The summed E-state index contributed by atoms with van der Waals surface area (Å²) in [7, 11) is -10.3. The van der Waals surface area contributed by atoms with E-state index in [1.54, 1.807) is 13.0 Å². The van der Waals surface area contributed by atoms with Gasteiger partial charge >= 0.3 is 27.3 Å². The number of aromatic nitrogens is 6. The van der Waals surface area contributed by atoms with Gasteiger partial charge in [-0.25, -0.2) is 33.7 Å². The van der Waals surface area contributed by atoms with Crippen LogP contribution in [0.5, 0.6) is 0 Å². The van der Waals surface area contributed by atoms with Crippen LogP contribution < -0.4 is 17.2 Å². The minimum absolute atomic E-state index is 0.0175. The molecule has 0 radical (unpaired) electrons. The molecule has 3 aromatic heterocycles. The number of nitrogens with zero attached hydrogens (tertiary/aromatic N) is 7. The average molecular weight is 860 g/mol. The SMILES string of the molecule is C=CCCC(=O)N1C[C@H](OCC)C[C@@H]1C(=O)O[C@H]1[C@@H](O)[C@H](n2cnc3c(N)ncnc32)O[C@H]1COP(=O)(O)O[C@H]1CC(n2ccc(N)nc2=O)O[C@@H]1COP(=O)(O)O. The molecule has 3 aliphatic heterocycles. The number of aliphatic hydroxyl groups excluding tert-OH is 1. The second-order valence-electron chi connectivity index (χ2n) is 13.3. The predicted molar refractivity (Wildman–Crippen MR) is 195 cm³/mol. The summed E-state index contributed by atoms with van der Waals surface area (Å²) in [5.74, 6) is -1.36. The standard InChI is InChI=1S/C31H43N9O16P2/c1-3-5-6-22(41)39-11-16(50-4-2)9-17(39)30(43)55-26-20(54-29(25(26)42)40-15-36-24-27(33)34-14-35-28(24)40)13-52-58(48,49)56-18-10-23(38-8-7-21(32)37-31(38)44)53-19(18)12-51-57(45,46)47/h3,7-8,14-20,23,25-26,29,42H,1,4-6,9-13H2,2H3,(H,48,49)(H2,32,37,44)(H2,33,34,35)(H2,45,46,47)/t16-,17-,18+,19-,20+,23?,25-,26-,29-/m1/s1. The molecule has 318 valence electrons. The number of imidazole rings is 1. The molecule has 0 saturated carbocycles. The van der Waals surface area contributed by atoms with Crippen molar-refractivity contribution in [3.05, 3.63) is 48.1 Å². The normalized spacial score (nSPS) is 28.5. The third-order valence-electron chi connectivity index (χ3n) is 9.46. The second kappa shape index (κ2) is 17.9. The van der Waals surface area contributed by atoms with Gasteiger partial charge < -0.3 is 55.1 Å². The number of hydrogen-bond donors (Lipinski definition) is 6. The first-order valence-electron chi connectivity index (χ1n) is 17.8. The number of amides is 1. The maximum atomic E-state index is 13.9. The lowest BCUT2D eigenvalue weighted by Crippen LogP contribution is -2.46. The molecule has 0 aliphatic carbocycles. The number of nitrogens with two attached hydrogens (primary N) is 2. The van der Waals surface area contributed by atoms with Gasteiger partial charge in [-0.2, -0.15) is 4.98 Å². The summed E-state index contributed by atoms with van der Waals surface area (Å²) in [6.07, 6.45) is -5.41. The zero-order valence-electron chi connectivity index (χ0n) is 30.8. The highest BCUT2D eigenvalue weighted by Crippen LogP contribution is 2.50. The Morgan fingerprint density at radius 1 is 1.07 bits per heavy atom. The molecule has 6 rings (SSSR count). The Bertz CT molecular complexity index is 2140. The van der Waals surface area contributed by atoms with Crippen LogP contribution in [0, 0.1) is 0 Å². The molecule has 0 spiro atoms. The van der Waals surface area contributed by atoms with Crippen LogP contribution in [0.1, 0.15) is 45.1 Å². The lowest BCUT2D eigenvalue weighted by Gasteiger charge is -2.27. The maximum Gasteiger partial charge on any atom is 0.472 e. The fourth-order valence-corrected chi connectivity index (χ4v) is 8.14. The summed E-state index contributed by atoms with van der Waals surface area (Å²) in [6, 6.07) is 0.158. The Morgan fingerprint density at radius 2 is 1.83 bits per heavy atom. The molecule has 0 aromatic carbocycles. The van der Waals surface area contributed by atoms with Crippen LogP contribution in [0.3, 0.4) is 0 Å². The number of carbonyl (C=O) groups excluding carboxylic acids is 2. The van der Waals surface area contributed by atoms with E-state index >= 15 is 0 Å². The molecule has 3 fully saturated rings. The monoisotopic (exact) mass is 859 g/mol. The fourth-order valence-electron chi connectivity index (χ4n) is 6.84. The van der Waals surface area contributed by atoms with Crippen LogP contribution in [-0.2, 0) is 51.2 Å². The molecule has 3 aromatic rings. The first kappa shape index (κ1) is 43.4. The van der Waals surface area contributed by atoms with Crippen molar-refractivity contribution in [2.24, 2.45) is 0 Å². The summed E-state index contributed by atoms with van der Waals surface area (Å²) < 4.78 is 65.8. The topological polar surface area (TPSA) is 348 Å². The summed E-state index contributed by atoms with van der Waals surface area (Å²) in [5, 5.41) is 11.6. The number of nitrogen functional groups attached to an aromatic ring is 2. The largest absolute Gasteiger partial charge is 0.472 e. The first-order valence-corrected chi connectivity index (χ1v) is 20.9. The number of aliphatic hydroxyl groups is 1. The van der Waals surface area contributed by atoms with Gasteiger partial charge in [0.1, 0.15) is 54.3 Å². The molecule has 2 unspecified atom stereocenters. The second-order valence-corrected chi connectivity index (χ2v) is 16.0. The molecular formula is C31H43N9O16P2. The van der Waals surface area contributed by atoms with Gasteiger partial charge in [-0.15, -0.1) is 6.58 Å². The number of anilines is 2. The van der Waals surface area contributed by atoms with Crippen molar-refractivity contribution in [3.8, 4) is 0 Å². The Balaban J connectivity index is 1.22. The number of fused-ring (bicyclic) bond motifs is 1. The van der Waals surface area contributed by atoms with E-state index in [2.05, 4.69) is 31.0 Å². The van der Waals surface area contributed by atoms with Crippen molar-refractivity contribution >= 4 is 50.3 Å². The smallest absolute Gasteiger partial charge is 0.455 e. The zero-order valence-corrected chi connectivity index (χ0v) is 32.6. The minimum Gasteiger partial charge on any atom is -0.455 e. The highest BCUT2D eigenvalue weighted by molar-refractivity contribution is 7.47. The zero-order chi connectivity index (χ0) is 41.9. The fraction of sp³-hybridized carbons (Fsp3) is 0.581. The number of carbonyl (C=O) groups is 2. The van der Waals surface area contributed by atoms with Crippen LogP contribution in [-0.4, -0.2) is 135 Å². The van der Waals surface area contributed by atoms with E-state index < -0.39 is 95.6 Å². The van der Waals surface area contributed by atoms with Crippen molar-refractivity contribution in [1.82, 2.24) is 34.0 Å². The first-order chi connectivity index (χ1) is 27.5.